The topological polar surface area (TPSA) is 82.8 Å². The number of carbonyl (C=O) groups is 1. The third kappa shape index (κ3) is 2.63. The van der Waals surface area contributed by atoms with Crippen molar-refractivity contribution in [1.82, 2.24) is 14.5 Å². The van der Waals surface area contributed by atoms with E-state index in [1.165, 1.54) is 19.3 Å². The summed E-state index contributed by atoms with van der Waals surface area (Å²) in [6.45, 7) is 2.44. The van der Waals surface area contributed by atoms with E-state index in [0.717, 1.165) is 49.7 Å². The standard InChI is InChI=1S/C16H23N5O2/c22-16(23)11-5-4-7-20(9-11)14-13-15(18-10-17-14)21-8-3-1-2-6-12(21)19-13/h10-11,14H,1-9H2,(H,17,18)(H,22,23). The summed E-state index contributed by atoms with van der Waals surface area (Å²) >= 11 is 0. The number of likely N-dealkylation sites (tertiary alicyclic amines) is 1. The van der Waals surface area contributed by atoms with Gasteiger partial charge >= 0.3 is 5.97 Å². The molecule has 0 bridgehead atoms. The molecule has 2 atom stereocenters. The first kappa shape index (κ1) is 14.7. The number of aryl methyl sites for hydroxylation is 1. The molecule has 1 aromatic rings. The lowest BCUT2D eigenvalue weighted by molar-refractivity contribution is -0.143. The van der Waals surface area contributed by atoms with Crippen molar-refractivity contribution in [2.24, 2.45) is 10.9 Å². The molecule has 23 heavy (non-hydrogen) atoms. The first-order valence-corrected chi connectivity index (χ1v) is 8.58. The molecule has 0 radical (unpaired) electrons. The highest BCUT2D eigenvalue weighted by molar-refractivity contribution is 5.78. The van der Waals surface area contributed by atoms with E-state index in [4.69, 9.17) is 4.98 Å². The number of piperidine rings is 1. The molecule has 7 heteroatoms. The summed E-state index contributed by atoms with van der Waals surface area (Å²) in [5, 5.41) is 12.6. The van der Waals surface area contributed by atoms with Crippen LogP contribution in [-0.4, -0.2) is 45.0 Å². The van der Waals surface area contributed by atoms with Crippen LogP contribution in [0.25, 0.3) is 0 Å². The van der Waals surface area contributed by atoms with Gasteiger partial charge in [-0.1, -0.05) is 6.42 Å². The minimum absolute atomic E-state index is 0.146. The molecule has 2 N–H and O–H groups in total. The molecule has 1 saturated heterocycles. The highest BCUT2D eigenvalue weighted by Crippen LogP contribution is 2.35. The van der Waals surface area contributed by atoms with E-state index in [0.29, 0.717) is 6.54 Å². The first-order valence-electron chi connectivity index (χ1n) is 8.58. The maximum atomic E-state index is 11.3. The Hall–Kier alpha value is -1.89. The van der Waals surface area contributed by atoms with Crippen LogP contribution >= 0.6 is 0 Å². The molecule has 0 aliphatic carbocycles. The lowest BCUT2D eigenvalue weighted by atomic mass is 9.97. The zero-order chi connectivity index (χ0) is 15.8. The first-order chi connectivity index (χ1) is 11.2. The number of nitrogens with zero attached hydrogens (tertiary/aromatic N) is 4. The van der Waals surface area contributed by atoms with Gasteiger partial charge in [-0.25, -0.2) is 9.98 Å². The number of aliphatic carboxylic acids is 1. The summed E-state index contributed by atoms with van der Waals surface area (Å²) < 4.78 is 2.29. The van der Waals surface area contributed by atoms with Gasteiger partial charge in [-0.3, -0.25) is 9.69 Å². The van der Waals surface area contributed by atoms with E-state index in [1.807, 2.05) is 0 Å². The summed E-state index contributed by atoms with van der Waals surface area (Å²) in [5.74, 6) is 1.20. The van der Waals surface area contributed by atoms with Crippen molar-refractivity contribution in [2.75, 3.05) is 18.4 Å². The smallest absolute Gasteiger partial charge is 0.307 e. The van der Waals surface area contributed by atoms with E-state index in [2.05, 4.69) is 19.8 Å². The number of hydrogen-bond acceptors (Lipinski definition) is 5. The van der Waals surface area contributed by atoms with Crippen molar-refractivity contribution in [2.45, 2.75) is 51.2 Å². The summed E-state index contributed by atoms with van der Waals surface area (Å²) in [4.78, 5) is 23.0. The van der Waals surface area contributed by atoms with Crippen molar-refractivity contribution in [1.29, 1.82) is 0 Å². The Labute approximate surface area is 135 Å². The highest BCUT2D eigenvalue weighted by atomic mass is 16.4. The Balaban J connectivity index is 1.63. The predicted molar refractivity (Wildman–Crippen MR) is 86.6 cm³/mol. The van der Waals surface area contributed by atoms with Crippen LogP contribution in [0.2, 0.25) is 0 Å². The second kappa shape index (κ2) is 5.96. The lowest BCUT2D eigenvalue weighted by Crippen LogP contribution is -2.41. The summed E-state index contributed by atoms with van der Waals surface area (Å²) in [6, 6.07) is 0. The third-order valence-electron chi connectivity index (χ3n) is 5.17. The molecular weight excluding hydrogens is 294 g/mol. The van der Waals surface area contributed by atoms with Crippen LogP contribution in [0.4, 0.5) is 5.82 Å². The second-order valence-corrected chi connectivity index (χ2v) is 6.69. The third-order valence-corrected chi connectivity index (χ3v) is 5.17. The van der Waals surface area contributed by atoms with Crippen LogP contribution in [0, 0.1) is 5.92 Å². The van der Waals surface area contributed by atoms with Gasteiger partial charge in [0.15, 0.2) is 6.17 Å². The Morgan fingerprint density at radius 1 is 1.26 bits per heavy atom. The molecule has 4 rings (SSSR count). The largest absolute Gasteiger partial charge is 0.481 e. The van der Waals surface area contributed by atoms with Crippen LogP contribution in [0.15, 0.2) is 4.99 Å². The SMILES string of the molecule is O=C(O)C1CCCN(C2N=CNc3c2nc2n3CCCCC2)C1. The van der Waals surface area contributed by atoms with Gasteiger partial charge in [0.25, 0.3) is 0 Å². The molecule has 1 fully saturated rings. The van der Waals surface area contributed by atoms with Crippen molar-refractivity contribution in [3.63, 3.8) is 0 Å². The van der Waals surface area contributed by atoms with Gasteiger partial charge in [0.05, 0.1) is 12.3 Å². The number of rotatable bonds is 2. The maximum absolute atomic E-state index is 11.3. The van der Waals surface area contributed by atoms with Gasteiger partial charge in [-0.05, 0) is 25.7 Å². The number of anilines is 1. The van der Waals surface area contributed by atoms with Gasteiger partial charge in [0, 0.05) is 26.1 Å². The molecule has 0 spiro atoms. The van der Waals surface area contributed by atoms with Crippen LogP contribution in [0.1, 0.15) is 49.8 Å². The number of carboxylic acids is 1. The van der Waals surface area contributed by atoms with Crippen LogP contribution in [0.3, 0.4) is 0 Å². The van der Waals surface area contributed by atoms with E-state index < -0.39 is 5.97 Å². The molecule has 2 unspecified atom stereocenters. The van der Waals surface area contributed by atoms with Crippen molar-refractivity contribution >= 4 is 18.1 Å². The quantitative estimate of drug-likeness (QED) is 0.870. The Morgan fingerprint density at radius 3 is 3.04 bits per heavy atom. The number of hydrogen-bond donors (Lipinski definition) is 2. The average molecular weight is 317 g/mol. The van der Waals surface area contributed by atoms with E-state index in [-0.39, 0.29) is 12.1 Å². The molecule has 4 heterocycles. The second-order valence-electron chi connectivity index (χ2n) is 6.69. The number of aliphatic imine (C=N–C) groups is 1. The fraction of sp³-hybridized carbons (Fsp3) is 0.688. The van der Waals surface area contributed by atoms with Crippen molar-refractivity contribution < 1.29 is 9.90 Å². The van der Waals surface area contributed by atoms with Gasteiger partial charge in [0.2, 0.25) is 0 Å². The number of aromatic nitrogens is 2. The maximum Gasteiger partial charge on any atom is 0.307 e. The van der Waals surface area contributed by atoms with Gasteiger partial charge < -0.3 is 15.0 Å². The number of imidazole rings is 1. The minimum atomic E-state index is -0.701. The number of nitrogens with one attached hydrogen (secondary N) is 1. The molecule has 124 valence electrons. The van der Waals surface area contributed by atoms with Crippen LogP contribution in [-0.2, 0) is 17.8 Å². The molecule has 7 nitrogen and oxygen atoms in total. The Morgan fingerprint density at radius 2 is 2.17 bits per heavy atom. The molecule has 3 aliphatic heterocycles. The predicted octanol–water partition coefficient (Wildman–Crippen LogP) is 1.86. The van der Waals surface area contributed by atoms with E-state index >= 15 is 0 Å². The monoisotopic (exact) mass is 317 g/mol. The van der Waals surface area contributed by atoms with E-state index in [9.17, 15) is 9.90 Å². The molecule has 1 aromatic heterocycles. The normalized spacial score (nSPS) is 27.7. The fourth-order valence-electron chi connectivity index (χ4n) is 3.95. The Bertz CT molecular complexity index is 639. The molecule has 3 aliphatic rings. The van der Waals surface area contributed by atoms with Gasteiger partial charge in [-0.2, -0.15) is 0 Å². The molecule has 0 amide bonds. The zero-order valence-corrected chi connectivity index (χ0v) is 13.2. The highest BCUT2D eigenvalue weighted by Gasteiger charge is 2.35. The number of fused-ring (bicyclic) bond motifs is 3. The minimum Gasteiger partial charge on any atom is -0.481 e. The summed E-state index contributed by atoms with van der Waals surface area (Å²) in [6.07, 6.45) is 7.90. The average Bonchev–Trinajstić information content (AvgIpc) is 2.76. The van der Waals surface area contributed by atoms with Gasteiger partial charge in [0.1, 0.15) is 17.3 Å². The zero-order valence-electron chi connectivity index (χ0n) is 13.2. The van der Waals surface area contributed by atoms with Crippen LogP contribution < -0.4 is 5.32 Å². The van der Waals surface area contributed by atoms with Gasteiger partial charge in [-0.15, -0.1) is 0 Å². The fourth-order valence-corrected chi connectivity index (χ4v) is 3.95. The number of carboxylic acid groups (broad SMARTS) is 1. The van der Waals surface area contributed by atoms with E-state index in [1.54, 1.807) is 6.34 Å². The Kier molecular flexibility index (Phi) is 3.80. The van der Waals surface area contributed by atoms with Crippen LogP contribution in [0.5, 0.6) is 0 Å². The summed E-state index contributed by atoms with van der Waals surface area (Å²) in [7, 11) is 0. The lowest BCUT2D eigenvalue weighted by Gasteiger charge is -2.35. The summed E-state index contributed by atoms with van der Waals surface area (Å²) in [5.41, 5.74) is 0.968. The van der Waals surface area contributed by atoms with Crippen molar-refractivity contribution in [3.8, 4) is 0 Å². The van der Waals surface area contributed by atoms with Crippen molar-refractivity contribution in [3.05, 3.63) is 11.5 Å². The molecular formula is C16H23N5O2. The molecule has 0 aromatic carbocycles. The molecule has 0 saturated carbocycles.